The van der Waals surface area contributed by atoms with Crippen LogP contribution in [-0.2, 0) is 11.3 Å². The van der Waals surface area contributed by atoms with E-state index in [9.17, 15) is 0 Å². The van der Waals surface area contributed by atoms with Crippen LogP contribution in [-0.4, -0.2) is 23.7 Å². The average molecular weight is 311 g/mol. The molecule has 2 rings (SSSR count). The molecule has 0 N–H and O–H groups in total. The lowest BCUT2D eigenvalue weighted by Crippen LogP contribution is -2.00. The normalized spacial score (nSPS) is 10.6. The quantitative estimate of drug-likeness (QED) is 0.759. The molecule has 0 unspecified atom stereocenters. The summed E-state index contributed by atoms with van der Waals surface area (Å²) in [5, 5.41) is 1.18. The topological polar surface area (TPSA) is 44.2 Å². The van der Waals surface area contributed by atoms with Gasteiger partial charge in [0.1, 0.15) is 22.5 Å². The fraction of sp³-hybridized carbons (Fsp3) is 0.286. The van der Waals surface area contributed by atoms with Gasteiger partial charge in [0, 0.05) is 12.7 Å². The van der Waals surface area contributed by atoms with Crippen LogP contribution in [0.3, 0.4) is 0 Å². The van der Waals surface area contributed by atoms with E-state index in [1.54, 1.807) is 13.2 Å². The summed E-state index contributed by atoms with van der Waals surface area (Å²) in [4.78, 5) is 9.55. The fourth-order valence-corrected chi connectivity index (χ4v) is 2.78. The molecule has 0 fully saturated rings. The van der Waals surface area contributed by atoms with Crippen molar-refractivity contribution in [2.45, 2.75) is 23.5 Å². The Bertz CT molecular complexity index is 581. The number of methoxy groups -OCH3 is 1. The maximum absolute atomic E-state index is 6.02. The molecule has 0 aliphatic carbocycles. The van der Waals surface area contributed by atoms with E-state index >= 15 is 0 Å². The molecule has 1 heterocycles. The molecular formula is C14H15ClN2O2S. The highest BCUT2D eigenvalue weighted by molar-refractivity contribution is 7.99. The molecule has 0 atom stereocenters. The smallest absolute Gasteiger partial charge is 0.157 e. The Morgan fingerprint density at radius 2 is 2.05 bits per heavy atom. The monoisotopic (exact) mass is 310 g/mol. The van der Waals surface area contributed by atoms with Gasteiger partial charge in [0.05, 0.1) is 12.0 Å². The van der Waals surface area contributed by atoms with Crippen LogP contribution in [0.25, 0.3) is 0 Å². The molecule has 0 aliphatic heterocycles. The third-order valence-electron chi connectivity index (χ3n) is 2.44. The first-order valence-electron chi connectivity index (χ1n) is 6.15. The molecule has 0 bridgehead atoms. The number of para-hydroxylation sites is 1. The molecule has 106 valence electrons. The van der Waals surface area contributed by atoms with Crippen LogP contribution in [0.4, 0.5) is 0 Å². The van der Waals surface area contributed by atoms with E-state index in [2.05, 4.69) is 9.97 Å². The first-order valence-corrected chi connectivity index (χ1v) is 7.34. The molecule has 0 saturated carbocycles. The van der Waals surface area contributed by atoms with Crippen molar-refractivity contribution in [2.24, 2.45) is 0 Å². The Morgan fingerprint density at radius 1 is 1.25 bits per heavy atom. The number of nitrogens with zero attached hydrogens (tertiary/aromatic N) is 2. The highest BCUT2D eigenvalue weighted by Gasteiger charge is 2.08. The van der Waals surface area contributed by atoms with E-state index in [0.717, 1.165) is 15.7 Å². The number of halogens is 1. The summed E-state index contributed by atoms with van der Waals surface area (Å²) in [5.41, 5.74) is 0. The zero-order valence-corrected chi connectivity index (χ0v) is 12.9. The second-order valence-electron chi connectivity index (χ2n) is 3.84. The predicted octanol–water partition coefficient (Wildman–Crippen LogP) is 3.83. The first-order chi connectivity index (χ1) is 9.72. The minimum absolute atomic E-state index is 0.358. The lowest BCUT2D eigenvalue weighted by Gasteiger charge is -2.08. The van der Waals surface area contributed by atoms with E-state index in [-0.39, 0.29) is 0 Å². The number of rotatable bonds is 6. The maximum Gasteiger partial charge on any atom is 0.157 e. The Hall–Kier alpha value is -1.30. The van der Waals surface area contributed by atoms with Gasteiger partial charge in [-0.2, -0.15) is 0 Å². The molecule has 0 spiro atoms. The van der Waals surface area contributed by atoms with Crippen molar-refractivity contribution in [3.05, 3.63) is 41.3 Å². The van der Waals surface area contributed by atoms with E-state index in [4.69, 9.17) is 21.1 Å². The molecule has 1 aromatic carbocycles. The largest absolute Gasteiger partial charge is 0.496 e. The van der Waals surface area contributed by atoms with Gasteiger partial charge in [0.15, 0.2) is 5.82 Å². The summed E-state index contributed by atoms with van der Waals surface area (Å²) < 4.78 is 10.6. The molecule has 20 heavy (non-hydrogen) atoms. The Morgan fingerprint density at radius 3 is 2.80 bits per heavy atom. The highest BCUT2D eigenvalue weighted by Crippen LogP contribution is 2.34. The van der Waals surface area contributed by atoms with Crippen molar-refractivity contribution < 1.29 is 9.47 Å². The summed E-state index contributed by atoms with van der Waals surface area (Å²) in [6.45, 7) is 2.90. The summed E-state index contributed by atoms with van der Waals surface area (Å²) in [6, 6.07) is 9.49. The van der Waals surface area contributed by atoms with Crippen LogP contribution < -0.4 is 4.74 Å². The lowest BCUT2D eigenvalue weighted by molar-refractivity contribution is 0.128. The summed E-state index contributed by atoms with van der Waals surface area (Å²) in [7, 11) is 1.65. The van der Waals surface area contributed by atoms with Crippen LogP contribution in [0.1, 0.15) is 12.7 Å². The molecule has 0 saturated heterocycles. The van der Waals surface area contributed by atoms with Crippen molar-refractivity contribution in [1.82, 2.24) is 9.97 Å². The van der Waals surface area contributed by atoms with Crippen LogP contribution in [0.5, 0.6) is 5.75 Å². The SMILES string of the molecule is CCOCc1nc(Cl)cc(Sc2ccccc2OC)n1. The van der Waals surface area contributed by atoms with Gasteiger partial charge in [0.2, 0.25) is 0 Å². The van der Waals surface area contributed by atoms with Gasteiger partial charge in [0.25, 0.3) is 0 Å². The van der Waals surface area contributed by atoms with Crippen molar-refractivity contribution in [3.8, 4) is 5.75 Å². The van der Waals surface area contributed by atoms with Crippen LogP contribution >= 0.6 is 23.4 Å². The minimum atomic E-state index is 0.358. The second-order valence-corrected chi connectivity index (χ2v) is 5.28. The van der Waals surface area contributed by atoms with Gasteiger partial charge in [-0.15, -0.1) is 0 Å². The summed E-state index contributed by atoms with van der Waals surface area (Å²) >= 11 is 7.50. The van der Waals surface area contributed by atoms with Gasteiger partial charge < -0.3 is 9.47 Å². The minimum Gasteiger partial charge on any atom is -0.496 e. The van der Waals surface area contributed by atoms with Crippen molar-refractivity contribution in [2.75, 3.05) is 13.7 Å². The zero-order valence-electron chi connectivity index (χ0n) is 11.3. The number of aromatic nitrogens is 2. The van der Waals surface area contributed by atoms with Crippen LogP contribution in [0, 0.1) is 0 Å². The fourth-order valence-electron chi connectivity index (χ4n) is 1.57. The van der Waals surface area contributed by atoms with Crippen molar-refractivity contribution in [3.63, 3.8) is 0 Å². The summed E-state index contributed by atoms with van der Waals surface area (Å²) in [5.74, 6) is 1.38. The van der Waals surface area contributed by atoms with Crippen molar-refractivity contribution >= 4 is 23.4 Å². The van der Waals surface area contributed by atoms with Gasteiger partial charge in [-0.3, -0.25) is 0 Å². The van der Waals surface area contributed by atoms with Crippen LogP contribution in [0.15, 0.2) is 40.3 Å². The first kappa shape index (κ1) is 15.1. The molecule has 6 heteroatoms. The third kappa shape index (κ3) is 4.10. The van der Waals surface area contributed by atoms with E-state index < -0.39 is 0 Å². The van der Waals surface area contributed by atoms with Crippen molar-refractivity contribution in [1.29, 1.82) is 0 Å². The number of benzene rings is 1. The van der Waals surface area contributed by atoms with E-state index in [0.29, 0.717) is 24.2 Å². The highest BCUT2D eigenvalue weighted by atomic mass is 35.5. The Kier molecular flexibility index (Phi) is 5.64. The molecule has 0 aliphatic rings. The third-order valence-corrected chi connectivity index (χ3v) is 3.61. The standard InChI is InChI=1S/C14H15ClN2O2S/c1-3-19-9-13-16-12(15)8-14(17-13)20-11-7-5-4-6-10(11)18-2/h4-8H,3,9H2,1-2H3. The van der Waals surface area contributed by atoms with Gasteiger partial charge >= 0.3 is 0 Å². The molecule has 0 radical (unpaired) electrons. The lowest BCUT2D eigenvalue weighted by atomic mass is 10.3. The molecular weight excluding hydrogens is 296 g/mol. The molecule has 4 nitrogen and oxygen atoms in total. The van der Waals surface area contributed by atoms with Crippen LogP contribution in [0.2, 0.25) is 5.15 Å². The van der Waals surface area contributed by atoms with Gasteiger partial charge in [-0.05, 0) is 19.1 Å². The molecule has 1 aromatic heterocycles. The Labute approximate surface area is 127 Å². The van der Waals surface area contributed by atoms with Gasteiger partial charge in [-0.25, -0.2) is 9.97 Å². The Balaban J connectivity index is 2.22. The average Bonchev–Trinajstić information content (AvgIpc) is 2.45. The van der Waals surface area contributed by atoms with E-state index in [1.165, 1.54) is 11.8 Å². The summed E-state index contributed by atoms with van der Waals surface area (Å²) in [6.07, 6.45) is 0. The van der Waals surface area contributed by atoms with Gasteiger partial charge in [-0.1, -0.05) is 35.5 Å². The molecule has 2 aromatic rings. The number of ether oxygens (including phenoxy) is 2. The zero-order chi connectivity index (χ0) is 14.4. The van der Waals surface area contributed by atoms with E-state index in [1.807, 2.05) is 31.2 Å². The number of hydrogen-bond donors (Lipinski definition) is 0. The molecule has 0 amide bonds. The maximum atomic E-state index is 6.02. The predicted molar refractivity (Wildman–Crippen MR) is 79.5 cm³/mol. The second kappa shape index (κ2) is 7.47. The number of hydrogen-bond acceptors (Lipinski definition) is 5.